The number of nitrogens with zero attached hydrogens (tertiary/aromatic N) is 1. The van der Waals surface area contributed by atoms with E-state index >= 15 is 0 Å². The van der Waals surface area contributed by atoms with Crippen LogP contribution in [0.25, 0.3) is 11.3 Å². The molecule has 0 amide bonds. The van der Waals surface area contributed by atoms with Crippen LogP contribution in [0.3, 0.4) is 0 Å². The van der Waals surface area contributed by atoms with Crippen molar-refractivity contribution in [2.45, 2.75) is 25.7 Å². The van der Waals surface area contributed by atoms with Crippen molar-refractivity contribution in [2.24, 2.45) is 11.7 Å². The second-order valence-corrected chi connectivity index (χ2v) is 4.73. The molecule has 0 bridgehead atoms. The predicted molar refractivity (Wildman–Crippen MR) is 65.5 cm³/mol. The minimum Gasteiger partial charge on any atom is -0.461 e. The van der Waals surface area contributed by atoms with E-state index in [1.807, 2.05) is 6.20 Å². The largest absolute Gasteiger partial charge is 0.461 e. The summed E-state index contributed by atoms with van der Waals surface area (Å²) < 4.78 is 5.93. The van der Waals surface area contributed by atoms with Crippen molar-refractivity contribution in [1.82, 2.24) is 10.2 Å². The summed E-state index contributed by atoms with van der Waals surface area (Å²) in [6.45, 7) is 0.773. The summed E-state index contributed by atoms with van der Waals surface area (Å²) in [4.78, 5) is 0. The molecule has 2 aromatic heterocycles. The van der Waals surface area contributed by atoms with E-state index in [1.165, 1.54) is 12.0 Å². The summed E-state index contributed by atoms with van der Waals surface area (Å²) in [7, 11) is 0. The zero-order chi connectivity index (χ0) is 11.7. The van der Waals surface area contributed by atoms with Gasteiger partial charge in [-0.2, -0.15) is 5.10 Å². The van der Waals surface area contributed by atoms with E-state index in [0.717, 1.165) is 42.9 Å². The summed E-state index contributed by atoms with van der Waals surface area (Å²) in [5.41, 5.74) is 8.00. The van der Waals surface area contributed by atoms with Crippen LogP contribution >= 0.6 is 0 Å². The maximum atomic E-state index is 5.93. The van der Waals surface area contributed by atoms with Crippen molar-refractivity contribution in [3.63, 3.8) is 0 Å². The molecule has 1 atom stereocenters. The monoisotopic (exact) mass is 231 g/mol. The molecular formula is C13H17N3O. The summed E-state index contributed by atoms with van der Waals surface area (Å²) in [5, 5.41) is 6.76. The lowest BCUT2D eigenvalue weighted by Crippen LogP contribution is -2.16. The third-order valence-corrected chi connectivity index (χ3v) is 3.55. The SMILES string of the molecule is NCCC1CCc2cc(-c3cn[nH]c3)oc2C1. The smallest absolute Gasteiger partial charge is 0.137 e. The molecule has 0 saturated carbocycles. The zero-order valence-corrected chi connectivity index (χ0v) is 9.78. The number of hydrogen-bond acceptors (Lipinski definition) is 3. The average molecular weight is 231 g/mol. The molecular weight excluding hydrogens is 214 g/mol. The van der Waals surface area contributed by atoms with Gasteiger partial charge >= 0.3 is 0 Å². The normalized spacial score (nSPS) is 19.2. The molecule has 4 heteroatoms. The van der Waals surface area contributed by atoms with Crippen LogP contribution in [0.5, 0.6) is 0 Å². The first-order valence-electron chi connectivity index (χ1n) is 6.17. The lowest BCUT2D eigenvalue weighted by Gasteiger charge is -2.19. The van der Waals surface area contributed by atoms with Crippen LogP contribution in [0.15, 0.2) is 22.9 Å². The van der Waals surface area contributed by atoms with Gasteiger partial charge in [-0.1, -0.05) is 0 Å². The lowest BCUT2D eigenvalue weighted by atomic mass is 9.86. The van der Waals surface area contributed by atoms with Crippen LogP contribution in [-0.4, -0.2) is 16.7 Å². The molecule has 0 saturated heterocycles. The molecule has 1 aliphatic rings. The van der Waals surface area contributed by atoms with Crippen molar-refractivity contribution >= 4 is 0 Å². The van der Waals surface area contributed by atoms with E-state index in [0.29, 0.717) is 5.92 Å². The number of aromatic amines is 1. The highest BCUT2D eigenvalue weighted by Gasteiger charge is 2.22. The Balaban J connectivity index is 1.84. The van der Waals surface area contributed by atoms with E-state index in [4.69, 9.17) is 10.2 Å². The quantitative estimate of drug-likeness (QED) is 0.850. The number of nitrogens with two attached hydrogens (primary N) is 1. The van der Waals surface area contributed by atoms with Crippen molar-refractivity contribution in [2.75, 3.05) is 6.54 Å². The van der Waals surface area contributed by atoms with Gasteiger partial charge in [-0.3, -0.25) is 5.10 Å². The fraction of sp³-hybridized carbons (Fsp3) is 0.462. The van der Waals surface area contributed by atoms with Crippen LogP contribution in [-0.2, 0) is 12.8 Å². The van der Waals surface area contributed by atoms with E-state index in [1.54, 1.807) is 6.20 Å². The second kappa shape index (κ2) is 4.37. The number of fused-ring (bicyclic) bond motifs is 1. The number of aryl methyl sites for hydroxylation is 1. The van der Waals surface area contributed by atoms with Gasteiger partial charge in [0.15, 0.2) is 0 Å². The molecule has 1 unspecified atom stereocenters. The van der Waals surface area contributed by atoms with Crippen molar-refractivity contribution in [1.29, 1.82) is 0 Å². The Morgan fingerprint density at radius 2 is 2.47 bits per heavy atom. The molecule has 0 fully saturated rings. The minimum atomic E-state index is 0.691. The van der Waals surface area contributed by atoms with Gasteiger partial charge in [-0.05, 0) is 43.4 Å². The predicted octanol–water partition coefficient (Wildman–Crippen LogP) is 2.12. The highest BCUT2D eigenvalue weighted by atomic mass is 16.3. The van der Waals surface area contributed by atoms with Gasteiger partial charge in [0.1, 0.15) is 11.5 Å². The molecule has 3 N–H and O–H groups in total. The number of nitrogens with one attached hydrogen (secondary N) is 1. The maximum absolute atomic E-state index is 5.93. The van der Waals surface area contributed by atoms with Gasteiger partial charge in [0.05, 0.1) is 11.8 Å². The van der Waals surface area contributed by atoms with Gasteiger partial charge in [-0.15, -0.1) is 0 Å². The Bertz CT molecular complexity index is 487. The number of rotatable bonds is 3. The first-order valence-corrected chi connectivity index (χ1v) is 6.17. The van der Waals surface area contributed by atoms with Crippen molar-refractivity contribution in [3.05, 3.63) is 29.8 Å². The van der Waals surface area contributed by atoms with Gasteiger partial charge in [0.2, 0.25) is 0 Å². The summed E-state index contributed by atoms with van der Waals surface area (Å²) >= 11 is 0. The van der Waals surface area contributed by atoms with Crippen LogP contribution in [0.4, 0.5) is 0 Å². The fourth-order valence-corrected chi connectivity index (χ4v) is 2.58. The number of aromatic nitrogens is 2. The van der Waals surface area contributed by atoms with E-state index in [9.17, 15) is 0 Å². The minimum absolute atomic E-state index is 0.691. The maximum Gasteiger partial charge on any atom is 0.137 e. The molecule has 2 aromatic rings. The van der Waals surface area contributed by atoms with Crippen molar-refractivity contribution < 1.29 is 4.42 Å². The van der Waals surface area contributed by atoms with Crippen LogP contribution < -0.4 is 5.73 Å². The number of furan rings is 1. The van der Waals surface area contributed by atoms with Crippen molar-refractivity contribution in [3.8, 4) is 11.3 Å². The van der Waals surface area contributed by atoms with Gasteiger partial charge in [0, 0.05) is 12.6 Å². The standard InChI is InChI=1S/C13H17N3O/c14-4-3-9-1-2-10-6-13(17-12(10)5-9)11-7-15-16-8-11/h6-9H,1-5,14H2,(H,15,16). The van der Waals surface area contributed by atoms with E-state index in [2.05, 4.69) is 16.3 Å². The molecule has 0 radical (unpaired) electrons. The number of H-pyrrole nitrogens is 1. The molecule has 90 valence electrons. The highest BCUT2D eigenvalue weighted by Crippen LogP contribution is 2.33. The fourth-order valence-electron chi connectivity index (χ4n) is 2.58. The molecule has 0 spiro atoms. The second-order valence-electron chi connectivity index (χ2n) is 4.73. The average Bonchev–Trinajstić information content (AvgIpc) is 2.97. The van der Waals surface area contributed by atoms with Crippen LogP contribution in [0.1, 0.15) is 24.2 Å². The third-order valence-electron chi connectivity index (χ3n) is 3.55. The molecule has 17 heavy (non-hydrogen) atoms. The Labute approximate surface area is 100 Å². The van der Waals surface area contributed by atoms with E-state index in [-0.39, 0.29) is 0 Å². The van der Waals surface area contributed by atoms with Gasteiger partial charge in [0.25, 0.3) is 0 Å². The van der Waals surface area contributed by atoms with Crippen LogP contribution in [0.2, 0.25) is 0 Å². The molecule has 1 aliphatic carbocycles. The number of hydrogen-bond donors (Lipinski definition) is 2. The van der Waals surface area contributed by atoms with Gasteiger partial charge < -0.3 is 10.2 Å². The molecule has 0 aliphatic heterocycles. The zero-order valence-electron chi connectivity index (χ0n) is 9.78. The van der Waals surface area contributed by atoms with E-state index < -0.39 is 0 Å². The molecule has 2 heterocycles. The summed E-state index contributed by atoms with van der Waals surface area (Å²) in [5.74, 6) is 2.76. The Morgan fingerprint density at radius 3 is 3.24 bits per heavy atom. The first kappa shape index (κ1) is 10.6. The third kappa shape index (κ3) is 2.00. The van der Waals surface area contributed by atoms with Crippen LogP contribution in [0, 0.1) is 5.92 Å². The summed E-state index contributed by atoms with van der Waals surface area (Å²) in [6, 6.07) is 2.15. The molecule has 4 nitrogen and oxygen atoms in total. The highest BCUT2D eigenvalue weighted by molar-refractivity contribution is 5.56. The Kier molecular flexibility index (Phi) is 2.73. The topological polar surface area (TPSA) is 67.8 Å². The Morgan fingerprint density at radius 1 is 1.53 bits per heavy atom. The molecule has 0 aromatic carbocycles. The molecule has 3 rings (SSSR count). The first-order chi connectivity index (χ1) is 8.36. The Hall–Kier alpha value is -1.55. The summed E-state index contributed by atoms with van der Waals surface area (Å²) in [6.07, 6.45) is 8.13. The lowest BCUT2D eigenvalue weighted by molar-refractivity contribution is 0.380. The van der Waals surface area contributed by atoms with Gasteiger partial charge in [-0.25, -0.2) is 0 Å².